The lowest BCUT2D eigenvalue weighted by atomic mass is 9.76. The van der Waals surface area contributed by atoms with Crippen LogP contribution in [0.4, 0.5) is 13.2 Å². The molecule has 0 amide bonds. The van der Waals surface area contributed by atoms with Gasteiger partial charge in [-0.1, -0.05) is 52.7 Å². The number of esters is 1. The van der Waals surface area contributed by atoms with Gasteiger partial charge in [0.1, 0.15) is 6.10 Å². The average Bonchev–Trinajstić information content (AvgIpc) is 3.32. The second kappa shape index (κ2) is 12.0. The Hall–Kier alpha value is -2.45. The molecule has 2 aromatic rings. The fourth-order valence-electron chi connectivity index (χ4n) is 5.98. The fraction of sp³-hybridized carbons (Fsp3) is 0.613. The van der Waals surface area contributed by atoms with Gasteiger partial charge in [0.2, 0.25) is 0 Å². The summed E-state index contributed by atoms with van der Waals surface area (Å²) >= 11 is 0. The van der Waals surface area contributed by atoms with Crippen molar-refractivity contribution in [2.24, 2.45) is 5.41 Å². The van der Waals surface area contributed by atoms with Crippen molar-refractivity contribution in [2.45, 2.75) is 104 Å². The zero-order valence-corrected chi connectivity index (χ0v) is 24.2. The van der Waals surface area contributed by atoms with Gasteiger partial charge in [0.25, 0.3) is 0 Å². The quantitative estimate of drug-likeness (QED) is 0.310. The van der Waals surface area contributed by atoms with Gasteiger partial charge in [-0.05, 0) is 72.9 Å². The summed E-state index contributed by atoms with van der Waals surface area (Å²) in [5.41, 5.74) is 3.16. The molecule has 1 atom stereocenters. The number of benzene rings is 1. The molecule has 1 aliphatic carbocycles. The molecule has 1 aromatic heterocycles. The van der Waals surface area contributed by atoms with E-state index in [1.54, 1.807) is 7.11 Å². The Morgan fingerprint density at radius 2 is 1.69 bits per heavy atom. The van der Waals surface area contributed by atoms with Crippen LogP contribution in [0.3, 0.4) is 0 Å². The first kappa shape index (κ1) is 31.1. The first-order chi connectivity index (χ1) is 18.2. The number of nitrogens with zero attached hydrogens (tertiary/aromatic N) is 1. The van der Waals surface area contributed by atoms with Crippen LogP contribution in [0.25, 0.3) is 0 Å². The molecule has 1 aliphatic rings. The Kier molecular flexibility index (Phi) is 9.54. The number of hydrogen-bond donors (Lipinski definition) is 1. The summed E-state index contributed by atoms with van der Waals surface area (Å²) in [6.45, 7) is 11.2. The lowest BCUT2D eigenvalue weighted by Crippen LogP contribution is -2.33. The molecule has 0 spiro atoms. The van der Waals surface area contributed by atoms with Crippen molar-refractivity contribution < 1.29 is 32.5 Å². The standard InChI is InChI=1S/C31H42F3NO4/c1-19(2)26-24(18-22-10-12-23(13-11-22)31(32,33)34)25(30(38-7)14-8-9-15-30)20(3)27(35-26)28(39-21(4)37)29(5,6)16-17-36/h10-13,19,28,36H,8-9,14-18H2,1-7H3/t28-/m0/s1. The minimum absolute atomic E-state index is 0.0122. The zero-order chi connectivity index (χ0) is 29.2. The smallest absolute Gasteiger partial charge is 0.416 e. The summed E-state index contributed by atoms with van der Waals surface area (Å²) in [6.07, 6.45) is -0.694. The predicted molar refractivity (Wildman–Crippen MR) is 144 cm³/mol. The molecule has 1 saturated carbocycles. The van der Waals surface area contributed by atoms with Gasteiger partial charge in [0.05, 0.1) is 16.9 Å². The van der Waals surface area contributed by atoms with E-state index in [1.807, 2.05) is 34.6 Å². The van der Waals surface area contributed by atoms with E-state index in [9.17, 15) is 23.1 Å². The molecule has 0 saturated heterocycles. The van der Waals surface area contributed by atoms with Gasteiger partial charge in [-0.15, -0.1) is 0 Å². The maximum atomic E-state index is 13.2. The summed E-state index contributed by atoms with van der Waals surface area (Å²) < 4.78 is 51.8. The van der Waals surface area contributed by atoms with Crippen molar-refractivity contribution in [3.05, 3.63) is 63.5 Å². The van der Waals surface area contributed by atoms with E-state index in [0.717, 1.165) is 65.8 Å². The number of aromatic nitrogens is 1. The van der Waals surface area contributed by atoms with Crippen molar-refractivity contribution >= 4 is 5.97 Å². The highest BCUT2D eigenvalue weighted by molar-refractivity contribution is 5.66. The van der Waals surface area contributed by atoms with Crippen molar-refractivity contribution in [3.8, 4) is 0 Å². The van der Waals surface area contributed by atoms with Gasteiger partial charge in [0.15, 0.2) is 0 Å². The molecule has 1 N–H and O–H groups in total. The monoisotopic (exact) mass is 549 g/mol. The van der Waals surface area contributed by atoms with E-state index in [1.165, 1.54) is 19.1 Å². The van der Waals surface area contributed by atoms with Gasteiger partial charge in [-0.2, -0.15) is 13.2 Å². The van der Waals surface area contributed by atoms with Crippen molar-refractivity contribution in [2.75, 3.05) is 13.7 Å². The molecule has 1 aromatic carbocycles. The molecular formula is C31H42F3NO4. The Morgan fingerprint density at radius 3 is 2.15 bits per heavy atom. The van der Waals surface area contributed by atoms with Gasteiger partial charge in [-0.3, -0.25) is 9.78 Å². The molecule has 1 fully saturated rings. The number of alkyl halides is 3. The number of carbonyl (C=O) groups excluding carboxylic acids is 1. The molecule has 1 heterocycles. The van der Waals surface area contributed by atoms with Crippen molar-refractivity contribution in [1.29, 1.82) is 0 Å². The fourth-order valence-corrected chi connectivity index (χ4v) is 5.98. The van der Waals surface area contributed by atoms with E-state index < -0.39 is 34.8 Å². The highest BCUT2D eigenvalue weighted by Crippen LogP contribution is 2.49. The third-order valence-electron chi connectivity index (χ3n) is 8.08. The Balaban J connectivity index is 2.32. The molecule has 0 radical (unpaired) electrons. The van der Waals surface area contributed by atoms with E-state index in [2.05, 4.69) is 0 Å². The summed E-state index contributed by atoms with van der Waals surface area (Å²) in [7, 11) is 1.71. The number of aliphatic hydroxyl groups is 1. The normalized spacial score (nSPS) is 16.5. The number of aliphatic hydroxyl groups excluding tert-OH is 1. The lowest BCUT2D eigenvalue weighted by molar-refractivity contribution is -0.154. The van der Waals surface area contributed by atoms with Crippen LogP contribution in [0, 0.1) is 12.3 Å². The number of pyridine rings is 1. The Morgan fingerprint density at radius 1 is 1.10 bits per heavy atom. The largest absolute Gasteiger partial charge is 0.455 e. The molecule has 8 heteroatoms. The minimum atomic E-state index is -4.40. The van der Waals surface area contributed by atoms with Gasteiger partial charge in [-0.25, -0.2) is 0 Å². The third kappa shape index (κ3) is 6.65. The SMILES string of the molecule is COC1(c2c(C)c([C@H](OC(C)=O)C(C)(C)CCO)nc(C(C)C)c2Cc2ccc(C(F)(F)F)cc2)CCCC1. The van der Waals surface area contributed by atoms with Crippen molar-refractivity contribution in [3.63, 3.8) is 0 Å². The van der Waals surface area contributed by atoms with Crippen LogP contribution in [0.5, 0.6) is 0 Å². The number of hydrogen-bond acceptors (Lipinski definition) is 5. The third-order valence-corrected chi connectivity index (χ3v) is 8.08. The van der Waals surface area contributed by atoms with Crippen LogP contribution >= 0.6 is 0 Å². The minimum Gasteiger partial charge on any atom is -0.455 e. The molecular weight excluding hydrogens is 507 g/mol. The van der Waals surface area contributed by atoms with Gasteiger partial charge < -0.3 is 14.6 Å². The molecule has 39 heavy (non-hydrogen) atoms. The van der Waals surface area contributed by atoms with Crippen LogP contribution < -0.4 is 0 Å². The first-order valence-corrected chi connectivity index (χ1v) is 13.7. The second-order valence-electron chi connectivity index (χ2n) is 11.7. The van der Waals surface area contributed by atoms with Crippen LogP contribution in [0.2, 0.25) is 0 Å². The number of carbonyl (C=O) groups is 1. The van der Waals surface area contributed by atoms with Crippen molar-refractivity contribution in [1.82, 2.24) is 4.98 Å². The lowest BCUT2D eigenvalue weighted by Gasteiger charge is -2.38. The number of ether oxygens (including phenoxy) is 2. The maximum Gasteiger partial charge on any atom is 0.416 e. The Bertz CT molecular complexity index is 1150. The molecule has 0 bridgehead atoms. The number of methoxy groups -OCH3 is 1. The first-order valence-electron chi connectivity index (χ1n) is 13.7. The molecule has 0 aliphatic heterocycles. The van der Waals surface area contributed by atoms with E-state index >= 15 is 0 Å². The summed E-state index contributed by atoms with van der Waals surface area (Å²) in [5, 5.41) is 9.78. The summed E-state index contributed by atoms with van der Waals surface area (Å²) in [5.74, 6) is -0.446. The molecule has 0 unspecified atom stereocenters. The molecule has 5 nitrogen and oxygen atoms in total. The Labute approximate surface area is 230 Å². The predicted octanol–water partition coefficient (Wildman–Crippen LogP) is 7.55. The van der Waals surface area contributed by atoms with Crippen LogP contribution in [-0.2, 0) is 32.5 Å². The van der Waals surface area contributed by atoms with Crippen LogP contribution in [0.15, 0.2) is 24.3 Å². The number of halogens is 3. The highest BCUT2D eigenvalue weighted by Gasteiger charge is 2.43. The molecule has 216 valence electrons. The molecule has 3 rings (SSSR count). The van der Waals surface area contributed by atoms with Crippen LogP contribution in [-0.4, -0.2) is 29.8 Å². The van der Waals surface area contributed by atoms with Gasteiger partial charge >= 0.3 is 12.1 Å². The number of rotatable bonds is 10. The van der Waals surface area contributed by atoms with E-state index in [4.69, 9.17) is 14.5 Å². The van der Waals surface area contributed by atoms with E-state index in [-0.39, 0.29) is 12.5 Å². The highest BCUT2D eigenvalue weighted by atomic mass is 19.4. The summed E-state index contributed by atoms with van der Waals surface area (Å²) in [6, 6.07) is 5.29. The average molecular weight is 550 g/mol. The van der Waals surface area contributed by atoms with Gasteiger partial charge in [0, 0.05) is 31.7 Å². The summed E-state index contributed by atoms with van der Waals surface area (Å²) in [4.78, 5) is 17.4. The van der Waals surface area contributed by atoms with Crippen LogP contribution in [0.1, 0.15) is 118 Å². The maximum absolute atomic E-state index is 13.2. The topological polar surface area (TPSA) is 68.7 Å². The zero-order valence-electron chi connectivity index (χ0n) is 24.2. The second-order valence-corrected chi connectivity index (χ2v) is 11.7. The van der Waals surface area contributed by atoms with E-state index in [0.29, 0.717) is 18.5 Å².